The lowest BCUT2D eigenvalue weighted by atomic mass is 10.1. The zero-order valence-corrected chi connectivity index (χ0v) is 16.8. The minimum Gasteiger partial charge on any atom is -0.323 e. The number of amides is 1. The first-order valence-corrected chi connectivity index (χ1v) is 10.4. The molecule has 1 N–H and O–H groups in total. The summed E-state index contributed by atoms with van der Waals surface area (Å²) in [6.45, 7) is 0. The van der Waals surface area contributed by atoms with Gasteiger partial charge in [0.25, 0.3) is 0 Å². The molecule has 29 heavy (non-hydrogen) atoms. The van der Waals surface area contributed by atoms with Crippen molar-refractivity contribution in [3.63, 3.8) is 0 Å². The minimum atomic E-state index is -0.157. The molecule has 1 amide bonds. The maximum Gasteiger partial charge on any atom is 0.248 e. The number of rotatable bonds is 6. The molecule has 0 bridgehead atoms. The van der Waals surface area contributed by atoms with Gasteiger partial charge in [0.15, 0.2) is 5.65 Å². The number of hydrogen-bond donors (Lipinski definition) is 1. The first kappa shape index (κ1) is 19.0. The van der Waals surface area contributed by atoms with Crippen molar-refractivity contribution in [3.05, 3.63) is 96.0 Å². The van der Waals surface area contributed by atoms with Crippen molar-refractivity contribution in [2.24, 2.45) is 0 Å². The maximum atomic E-state index is 12.2. The molecule has 0 saturated carbocycles. The molecule has 2 aromatic heterocycles. The van der Waals surface area contributed by atoms with Crippen molar-refractivity contribution in [2.75, 3.05) is 11.6 Å². The summed E-state index contributed by atoms with van der Waals surface area (Å²) >= 11 is 1.69. The third kappa shape index (κ3) is 4.73. The lowest BCUT2D eigenvalue weighted by Crippen LogP contribution is -2.07. The molecule has 0 radical (unpaired) electrons. The van der Waals surface area contributed by atoms with Gasteiger partial charge in [-0.1, -0.05) is 30.3 Å². The van der Waals surface area contributed by atoms with Gasteiger partial charge in [-0.3, -0.25) is 9.20 Å². The van der Waals surface area contributed by atoms with Gasteiger partial charge in [-0.15, -0.1) is 22.0 Å². The predicted molar refractivity (Wildman–Crippen MR) is 118 cm³/mol. The average Bonchev–Trinajstić information content (AvgIpc) is 3.17. The highest BCUT2D eigenvalue weighted by Gasteiger charge is 2.06. The summed E-state index contributed by atoms with van der Waals surface area (Å²) in [5.41, 5.74) is 3.69. The third-order valence-electron chi connectivity index (χ3n) is 4.51. The van der Waals surface area contributed by atoms with Crippen molar-refractivity contribution < 1.29 is 4.79 Å². The third-order valence-corrected chi connectivity index (χ3v) is 5.25. The Labute approximate surface area is 173 Å². The first-order chi connectivity index (χ1) is 14.2. The fourth-order valence-electron chi connectivity index (χ4n) is 2.97. The van der Waals surface area contributed by atoms with E-state index in [0.717, 1.165) is 28.3 Å². The summed E-state index contributed by atoms with van der Waals surface area (Å²) in [4.78, 5) is 13.4. The van der Waals surface area contributed by atoms with E-state index in [1.165, 1.54) is 4.90 Å². The van der Waals surface area contributed by atoms with Crippen LogP contribution < -0.4 is 5.32 Å². The summed E-state index contributed by atoms with van der Waals surface area (Å²) < 4.78 is 1.98. The van der Waals surface area contributed by atoms with E-state index in [4.69, 9.17) is 0 Å². The van der Waals surface area contributed by atoms with Crippen LogP contribution >= 0.6 is 11.8 Å². The van der Waals surface area contributed by atoms with Gasteiger partial charge in [0, 0.05) is 29.3 Å². The Balaban J connectivity index is 1.37. The van der Waals surface area contributed by atoms with Crippen LogP contribution in [-0.4, -0.2) is 26.8 Å². The number of anilines is 1. The van der Waals surface area contributed by atoms with Crippen molar-refractivity contribution in [3.8, 4) is 0 Å². The van der Waals surface area contributed by atoms with Crippen LogP contribution in [0.1, 0.15) is 17.0 Å². The lowest BCUT2D eigenvalue weighted by Gasteiger charge is -2.05. The highest BCUT2D eigenvalue weighted by molar-refractivity contribution is 7.98. The van der Waals surface area contributed by atoms with Crippen LogP contribution in [0.3, 0.4) is 0 Å². The molecule has 4 aromatic rings. The van der Waals surface area contributed by atoms with E-state index in [0.29, 0.717) is 6.42 Å². The van der Waals surface area contributed by atoms with Gasteiger partial charge in [0.05, 0.1) is 0 Å². The zero-order valence-electron chi connectivity index (χ0n) is 15.9. The molecule has 4 rings (SSSR count). The Kier molecular flexibility index (Phi) is 5.72. The van der Waals surface area contributed by atoms with Crippen molar-refractivity contribution in [1.29, 1.82) is 0 Å². The van der Waals surface area contributed by atoms with Crippen molar-refractivity contribution in [2.45, 2.75) is 11.3 Å². The molecule has 144 valence electrons. The van der Waals surface area contributed by atoms with E-state index >= 15 is 0 Å². The van der Waals surface area contributed by atoms with Gasteiger partial charge in [0.1, 0.15) is 5.82 Å². The highest BCUT2D eigenvalue weighted by Crippen LogP contribution is 2.16. The minimum absolute atomic E-state index is 0.157. The van der Waals surface area contributed by atoms with E-state index in [1.807, 2.05) is 89.7 Å². The lowest BCUT2D eigenvalue weighted by molar-refractivity contribution is -0.111. The number of hydrogen-bond acceptors (Lipinski definition) is 4. The van der Waals surface area contributed by atoms with Crippen LogP contribution in [0.4, 0.5) is 5.69 Å². The zero-order chi connectivity index (χ0) is 20.1. The molecule has 6 heteroatoms. The highest BCUT2D eigenvalue weighted by atomic mass is 32.2. The van der Waals surface area contributed by atoms with Crippen LogP contribution in [0.15, 0.2) is 83.9 Å². The van der Waals surface area contributed by atoms with E-state index in [-0.39, 0.29) is 5.91 Å². The number of nitrogens with one attached hydrogen (secondary N) is 1. The normalized spacial score (nSPS) is 11.2. The van der Waals surface area contributed by atoms with Crippen LogP contribution in [-0.2, 0) is 11.2 Å². The summed E-state index contributed by atoms with van der Waals surface area (Å²) in [6, 6.07) is 21.7. The number of benzene rings is 2. The van der Waals surface area contributed by atoms with Crippen LogP contribution in [0.25, 0.3) is 11.7 Å². The van der Waals surface area contributed by atoms with Crippen LogP contribution in [0.5, 0.6) is 0 Å². The largest absolute Gasteiger partial charge is 0.323 e. The number of pyridine rings is 1. The molecular formula is C23H20N4OS. The van der Waals surface area contributed by atoms with Crippen LogP contribution in [0, 0.1) is 0 Å². The van der Waals surface area contributed by atoms with Gasteiger partial charge in [-0.25, -0.2) is 0 Å². The fraction of sp³-hybridized carbons (Fsp3) is 0.0870. The Morgan fingerprint density at radius 3 is 2.59 bits per heavy atom. The Hall–Kier alpha value is -3.38. The Morgan fingerprint density at radius 2 is 1.83 bits per heavy atom. The second kappa shape index (κ2) is 8.75. The summed E-state index contributed by atoms with van der Waals surface area (Å²) in [6.07, 6.45) is 8.03. The molecule has 0 spiro atoms. The molecule has 0 aliphatic carbocycles. The fourth-order valence-corrected chi connectivity index (χ4v) is 3.38. The topological polar surface area (TPSA) is 59.3 Å². The van der Waals surface area contributed by atoms with Crippen molar-refractivity contribution >= 4 is 35.1 Å². The van der Waals surface area contributed by atoms with Gasteiger partial charge in [-0.2, -0.15) is 0 Å². The number of thioether (sulfide) groups is 1. The number of fused-ring (bicyclic) bond motifs is 1. The van der Waals surface area contributed by atoms with Crippen LogP contribution in [0.2, 0.25) is 0 Å². The SMILES string of the molecule is CSc1ccc(/C=C/C(=O)Nc2ccc(Cc3nnc4ccccn34)cc2)cc1. The molecule has 0 aliphatic rings. The van der Waals surface area contributed by atoms with Gasteiger partial charge in [0.2, 0.25) is 5.91 Å². The molecule has 0 aliphatic heterocycles. The smallest absolute Gasteiger partial charge is 0.248 e. The molecule has 5 nitrogen and oxygen atoms in total. The van der Waals surface area contributed by atoms with Gasteiger partial charge >= 0.3 is 0 Å². The quantitative estimate of drug-likeness (QED) is 0.377. The molecule has 0 atom stereocenters. The number of carbonyl (C=O) groups is 1. The van der Waals surface area contributed by atoms with E-state index in [2.05, 4.69) is 15.5 Å². The first-order valence-electron chi connectivity index (χ1n) is 9.22. The van der Waals surface area contributed by atoms with Crippen molar-refractivity contribution in [1.82, 2.24) is 14.6 Å². The molecule has 0 unspecified atom stereocenters. The standard InChI is InChI=1S/C23H20N4OS/c1-29-20-12-7-17(8-13-20)9-14-23(28)24-19-10-5-18(6-11-19)16-22-26-25-21-4-2-3-15-27(21)22/h2-15H,16H2,1H3,(H,24,28)/b14-9+. The van der Waals surface area contributed by atoms with E-state index in [1.54, 1.807) is 17.8 Å². The van der Waals surface area contributed by atoms with Gasteiger partial charge < -0.3 is 5.32 Å². The van der Waals surface area contributed by atoms with Gasteiger partial charge in [-0.05, 0) is 59.9 Å². The monoisotopic (exact) mass is 400 g/mol. The summed E-state index contributed by atoms with van der Waals surface area (Å²) in [5.74, 6) is 0.725. The number of aromatic nitrogens is 3. The predicted octanol–water partition coefficient (Wildman–Crippen LogP) is 4.69. The maximum absolute atomic E-state index is 12.2. The molecule has 2 heterocycles. The summed E-state index contributed by atoms with van der Waals surface area (Å²) in [7, 11) is 0. The molecular weight excluding hydrogens is 380 g/mol. The Morgan fingerprint density at radius 1 is 1.03 bits per heavy atom. The summed E-state index contributed by atoms with van der Waals surface area (Å²) in [5, 5.41) is 11.3. The number of nitrogens with zero attached hydrogens (tertiary/aromatic N) is 3. The number of carbonyl (C=O) groups excluding carboxylic acids is 1. The van der Waals surface area contributed by atoms with E-state index in [9.17, 15) is 4.79 Å². The second-order valence-corrected chi connectivity index (χ2v) is 7.39. The van der Waals surface area contributed by atoms with E-state index < -0.39 is 0 Å². The Bertz CT molecular complexity index is 1150. The molecule has 0 saturated heterocycles. The molecule has 2 aromatic carbocycles. The average molecular weight is 401 g/mol. The second-order valence-electron chi connectivity index (χ2n) is 6.51. The molecule has 0 fully saturated rings.